The minimum absolute atomic E-state index is 0.196. The maximum absolute atomic E-state index is 13.9. The third-order valence-corrected chi connectivity index (χ3v) is 5.51. The molecule has 1 aromatic heterocycles. The zero-order valence-corrected chi connectivity index (χ0v) is 16.8. The zero-order valence-electron chi connectivity index (χ0n) is 16.8. The molecule has 3 rings (SSSR count). The molecule has 6 nitrogen and oxygen atoms in total. The Balaban J connectivity index is 1.94. The van der Waals surface area contributed by atoms with Gasteiger partial charge in [-0.3, -0.25) is 14.3 Å². The summed E-state index contributed by atoms with van der Waals surface area (Å²) in [6, 6.07) is 3.47. The van der Waals surface area contributed by atoms with Gasteiger partial charge in [0.25, 0.3) is 5.91 Å². The number of rotatable bonds is 5. The highest BCUT2D eigenvalue weighted by molar-refractivity contribution is 6.06. The number of benzene rings is 1. The average molecular weight is 388 g/mol. The Morgan fingerprint density at radius 1 is 1.29 bits per heavy atom. The molecule has 152 valence electrons. The second-order valence-electron chi connectivity index (χ2n) is 8.87. The predicted octanol–water partition coefficient (Wildman–Crippen LogP) is 3.39. The molecule has 1 aliphatic rings. The van der Waals surface area contributed by atoms with E-state index < -0.39 is 23.3 Å². The summed E-state index contributed by atoms with van der Waals surface area (Å²) < 4.78 is 15.6. The number of halogens is 1. The Kier molecular flexibility index (Phi) is 5.72. The minimum atomic E-state index is -0.834. The maximum Gasteiger partial charge on any atom is 0.273 e. The van der Waals surface area contributed by atoms with Gasteiger partial charge in [0.05, 0.1) is 5.52 Å². The quantitative estimate of drug-likeness (QED) is 0.823. The largest absolute Gasteiger partial charge is 0.368 e. The number of nitrogens with zero attached hydrogens (tertiary/aromatic N) is 2. The van der Waals surface area contributed by atoms with E-state index in [9.17, 15) is 14.0 Å². The first-order valence-electron chi connectivity index (χ1n) is 9.93. The lowest BCUT2D eigenvalue weighted by atomic mass is 9.86. The minimum Gasteiger partial charge on any atom is -0.368 e. The second kappa shape index (κ2) is 7.89. The van der Waals surface area contributed by atoms with E-state index in [0.29, 0.717) is 23.4 Å². The molecule has 3 N–H and O–H groups in total. The van der Waals surface area contributed by atoms with Crippen molar-refractivity contribution >= 4 is 22.7 Å². The lowest BCUT2D eigenvalue weighted by Gasteiger charge is -2.28. The summed E-state index contributed by atoms with van der Waals surface area (Å²) in [7, 11) is 0. The Morgan fingerprint density at radius 3 is 2.57 bits per heavy atom. The first-order valence-corrected chi connectivity index (χ1v) is 9.93. The van der Waals surface area contributed by atoms with Gasteiger partial charge in [-0.05, 0) is 42.4 Å². The topological polar surface area (TPSA) is 90.0 Å². The molecule has 1 saturated carbocycles. The standard InChI is InChI=1S/C21H29FN4O2/c1-21(2,3)18(19(23)27)24-20(28)17-15-10-9-14(22)11-16(15)26(25-17)12-13-7-5-4-6-8-13/h9-11,13,18H,4-8,12H2,1-3H3,(H2,23,27)(H,24,28)/t18-/m1/s1. The molecule has 0 radical (unpaired) electrons. The Bertz CT molecular complexity index is 878. The summed E-state index contributed by atoms with van der Waals surface area (Å²) in [5, 5.41) is 7.79. The van der Waals surface area contributed by atoms with Crippen molar-refractivity contribution in [1.82, 2.24) is 15.1 Å². The molecule has 2 aromatic rings. The third kappa shape index (κ3) is 4.34. The number of nitrogens with one attached hydrogen (secondary N) is 1. The molecule has 0 unspecified atom stereocenters. The van der Waals surface area contributed by atoms with E-state index in [2.05, 4.69) is 10.4 Å². The van der Waals surface area contributed by atoms with Crippen molar-refractivity contribution in [3.8, 4) is 0 Å². The van der Waals surface area contributed by atoms with Gasteiger partial charge in [0, 0.05) is 11.9 Å². The van der Waals surface area contributed by atoms with Crippen LogP contribution in [0.25, 0.3) is 10.9 Å². The average Bonchev–Trinajstić information content (AvgIpc) is 2.97. The Morgan fingerprint density at radius 2 is 1.96 bits per heavy atom. The molecule has 28 heavy (non-hydrogen) atoms. The number of primary amides is 1. The van der Waals surface area contributed by atoms with Gasteiger partial charge in [0.1, 0.15) is 11.9 Å². The van der Waals surface area contributed by atoms with Crippen molar-refractivity contribution < 1.29 is 14.0 Å². The molecule has 1 aliphatic carbocycles. The number of carbonyl (C=O) groups excluding carboxylic acids is 2. The van der Waals surface area contributed by atoms with Crippen LogP contribution in [0.4, 0.5) is 4.39 Å². The first kappa shape index (κ1) is 20.3. The molecule has 1 aromatic carbocycles. The van der Waals surface area contributed by atoms with Gasteiger partial charge in [0.15, 0.2) is 5.69 Å². The summed E-state index contributed by atoms with van der Waals surface area (Å²) in [5.74, 6) is -0.964. The van der Waals surface area contributed by atoms with Crippen LogP contribution in [0, 0.1) is 17.2 Å². The molecular formula is C21H29FN4O2. The number of fused-ring (bicyclic) bond motifs is 1. The van der Waals surface area contributed by atoms with Crippen LogP contribution in [-0.2, 0) is 11.3 Å². The van der Waals surface area contributed by atoms with E-state index in [1.54, 1.807) is 10.7 Å². The molecule has 2 amide bonds. The molecule has 0 spiro atoms. The van der Waals surface area contributed by atoms with Gasteiger partial charge in [0.2, 0.25) is 5.91 Å². The number of hydrogen-bond acceptors (Lipinski definition) is 3. The molecule has 0 aliphatic heterocycles. The molecular weight excluding hydrogens is 359 g/mol. The number of carbonyl (C=O) groups is 2. The molecule has 0 bridgehead atoms. The van der Waals surface area contributed by atoms with Crippen LogP contribution in [-0.4, -0.2) is 27.6 Å². The Hall–Kier alpha value is -2.44. The lowest BCUT2D eigenvalue weighted by molar-refractivity contribution is -0.122. The molecule has 1 heterocycles. The highest BCUT2D eigenvalue weighted by atomic mass is 19.1. The van der Waals surface area contributed by atoms with Gasteiger partial charge in [-0.15, -0.1) is 0 Å². The fourth-order valence-electron chi connectivity index (χ4n) is 3.98. The van der Waals surface area contributed by atoms with Crippen LogP contribution in [0.15, 0.2) is 18.2 Å². The number of nitrogens with two attached hydrogens (primary N) is 1. The predicted molar refractivity (Wildman–Crippen MR) is 106 cm³/mol. The van der Waals surface area contributed by atoms with Crippen LogP contribution in [0.1, 0.15) is 63.4 Å². The number of amides is 2. The fraction of sp³-hybridized carbons (Fsp3) is 0.571. The molecule has 7 heteroatoms. The van der Waals surface area contributed by atoms with E-state index in [-0.39, 0.29) is 11.5 Å². The maximum atomic E-state index is 13.9. The van der Waals surface area contributed by atoms with Gasteiger partial charge in [-0.1, -0.05) is 40.0 Å². The fourth-order valence-corrected chi connectivity index (χ4v) is 3.98. The van der Waals surface area contributed by atoms with Crippen molar-refractivity contribution in [2.24, 2.45) is 17.1 Å². The van der Waals surface area contributed by atoms with E-state index in [0.717, 1.165) is 12.8 Å². The van der Waals surface area contributed by atoms with Crippen molar-refractivity contribution in [2.45, 2.75) is 65.5 Å². The summed E-state index contributed by atoms with van der Waals surface area (Å²) in [6.07, 6.45) is 5.87. The second-order valence-corrected chi connectivity index (χ2v) is 8.87. The van der Waals surface area contributed by atoms with E-state index >= 15 is 0 Å². The van der Waals surface area contributed by atoms with Gasteiger partial charge in [-0.2, -0.15) is 5.10 Å². The normalized spacial score (nSPS) is 16.9. The van der Waals surface area contributed by atoms with E-state index in [4.69, 9.17) is 5.73 Å². The number of aromatic nitrogens is 2. The highest BCUT2D eigenvalue weighted by Crippen LogP contribution is 2.28. The summed E-state index contributed by atoms with van der Waals surface area (Å²) >= 11 is 0. The van der Waals surface area contributed by atoms with Gasteiger partial charge in [-0.25, -0.2) is 4.39 Å². The van der Waals surface area contributed by atoms with Gasteiger partial charge < -0.3 is 11.1 Å². The van der Waals surface area contributed by atoms with Crippen LogP contribution in [0.3, 0.4) is 0 Å². The van der Waals surface area contributed by atoms with Crippen LogP contribution >= 0.6 is 0 Å². The molecule has 1 fully saturated rings. The smallest absolute Gasteiger partial charge is 0.273 e. The van der Waals surface area contributed by atoms with Crippen molar-refractivity contribution in [2.75, 3.05) is 0 Å². The zero-order chi connectivity index (χ0) is 20.5. The molecule has 0 saturated heterocycles. The summed E-state index contributed by atoms with van der Waals surface area (Å²) in [4.78, 5) is 24.7. The monoisotopic (exact) mass is 388 g/mol. The van der Waals surface area contributed by atoms with Crippen molar-refractivity contribution in [1.29, 1.82) is 0 Å². The van der Waals surface area contributed by atoms with E-state index in [1.807, 2.05) is 20.8 Å². The van der Waals surface area contributed by atoms with E-state index in [1.165, 1.54) is 31.4 Å². The first-order chi connectivity index (χ1) is 13.2. The van der Waals surface area contributed by atoms with Crippen molar-refractivity contribution in [3.63, 3.8) is 0 Å². The lowest BCUT2D eigenvalue weighted by Crippen LogP contribution is -2.52. The molecule has 1 atom stereocenters. The van der Waals surface area contributed by atoms with Crippen LogP contribution in [0.2, 0.25) is 0 Å². The van der Waals surface area contributed by atoms with Gasteiger partial charge >= 0.3 is 0 Å². The summed E-state index contributed by atoms with van der Waals surface area (Å²) in [5.41, 5.74) is 5.74. The van der Waals surface area contributed by atoms with Crippen LogP contribution < -0.4 is 11.1 Å². The number of hydrogen-bond donors (Lipinski definition) is 2. The van der Waals surface area contributed by atoms with Crippen LogP contribution in [0.5, 0.6) is 0 Å². The Labute approximate surface area is 164 Å². The third-order valence-electron chi connectivity index (χ3n) is 5.51. The highest BCUT2D eigenvalue weighted by Gasteiger charge is 2.32. The summed E-state index contributed by atoms with van der Waals surface area (Å²) in [6.45, 7) is 6.15. The SMILES string of the molecule is CC(C)(C)[C@H](NC(=O)c1nn(CC2CCCCC2)c2cc(F)ccc12)C(N)=O. The van der Waals surface area contributed by atoms with Crippen molar-refractivity contribution in [3.05, 3.63) is 29.7 Å².